The Bertz CT molecular complexity index is 2010. The molecule has 6 rings (SSSR count). The van der Waals surface area contributed by atoms with E-state index in [1.807, 2.05) is 73.1 Å². The third kappa shape index (κ3) is 4.51. The summed E-state index contributed by atoms with van der Waals surface area (Å²) < 4.78 is 33.4. The summed E-state index contributed by atoms with van der Waals surface area (Å²) in [7, 11) is -2.08. The summed E-state index contributed by atoms with van der Waals surface area (Å²) >= 11 is 3.43. The van der Waals surface area contributed by atoms with Crippen LogP contribution >= 0.6 is 15.9 Å². The number of hydrogen-bond acceptors (Lipinski definition) is 3. The number of rotatable bonds is 6. The summed E-state index contributed by atoms with van der Waals surface area (Å²) in [5.41, 5.74) is 5.21. The molecule has 0 aliphatic heterocycles. The first-order chi connectivity index (χ1) is 19.2. The van der Waals surface area contributed by atoms with Gasteiger partial charge in [-0.15, -0.1) is 0 Å². The van der Waals surface area contributed by atoms with E-state index < -0.39 is 10.0 Å². The Labute approximate surface area is 241 Å². The molecule has 5 aromatic carbocycles. The first kappa shape index (κ1) is 26.0. The monoisotopic (exact) mass is 608 g/mol. The van der Waals surface area contributed by atoms with Gasteiger partial charge in [-0.1, -0.05) is 82.2 Å². The number of nitrogens with one attached hydrogen (secondary N) is 1. The number of carbonyl (C=O) groups excluding carboxylic acids is 1. The van der Waals surface area contributed by atoms with Crippen LogP contribution in [0.25, 0.3) is 32.9 Å². The molecule has 0 aliphatic carbocycles. The fraction of sp³-hybridized carbons (Fsp3) is 0.0606. The van der Waals surface area contributed by atoms with Crippen molar-refractivity contribution in [3.05, 3.63) is 130 Å². The molecule has 198 valence electrons. The van der Waals surface area contributed by atoms with Gasteiger partial charge in [0.15, 0.2) is 5.78 Å². The minimum absolute atomic E-state index is 0.122. The molecule has 0 aliphatic rings. The van der Waals surface area contributed by atoms with Crippen LogP contribution in [-0.4, -0.2) is 18.8 Å². The standard InChI is InChI=1S/C33H25BrN2O3S/c1-21-12-18-25(19-13-21)40(38,39)35-32-27(33(37)23-14-16-24(34)17-15-23)20-29-31(30(32)22-8-4-3-5-9-22)26-10-6-7-11-28(26)36(29)2/h3-20,35H,1-2H3. The van der Waals surface area contributed by atoms with E-state index in [0.29, 0.717) is 11.1 Å². The first-order valence-corrected chi connectivity index (χ1v) is 15.0. The van der Waals surface area contributed by atoms with E-state index in [2.05, 4.69) is 20.7 Å². The van der Waals surface area contributed by atoms with Gasteiger partial charge >= 0.3 is 0 Å². The minimum atomic E-state index is -4.04. The summed E-state index contributed by atoms with van der Waals surface area (Å²) in [6.07, 6.45) is 0. The molecule has 0 saturated carbocycles. The molecule has 0 amide bonds. The van der Waals surface area contributed by atoms with E-state index in [0.717, 1.165) is 37.4 Å². The minimum Gasteiger partial charge on any atom is -0.344 e. The molecular weight excluding hydrogens is 584 g/mol. The number of aryl methyl sites for hydroxylation is 2. The predicted molar refractivity (Wildman–Crippen MR) is 165 cm³/mol. The van der Waals surface area contributed by atoms with E-state index in [1.54, 1.807) is 54.6 Å². The van der Waals surface area contributed by atoms with Gasteiger partial charge in [-0.3, -0.25) is 9.52 Å². The molecule has 6 aromatic rings. The number of para-hydroxylation sites is 1. The van der Waals surface area contributed by atoms with E-state index in [-0.39, 0.29) is 21.9 Å². The molecule has 0 saturated heterocycles. The molecular formula is C33H25BrN2O3S. The quantitative estimate of drug-likeness (QED) is 0.194. The molecule has 0 spiro atoms. The summed E-state index contributed by atoms with van der Waals surface area (Å²) in [5.74, 6) is -0.279. The van der Waals surface area contributed by atoms with Crippen LogP contribution in [0.15, 0.2) is 119 Å². The van der Waals surface area contributed by atoms with Crippen molar-refractivity contribution in [2.24, 2.45) is 7.05 Å². The summed E-state index contributed by atoms with van der Waals surface area (Å²) in [4.78, 5) is 14.3. The number of sulfonamides is 1. The second-order valence-corrected chi connectivity index (χ2v) is 12.4. The zero-order valence-electron chi connectivity index (χ0n) is 21.9. The molecule has 1 aromatic heterocycles. The largest absolute Gasteiger partial charge is 0.344 e. The number of ketones is 1. The van der Waals surface area contributed by atoms with E-state index in [4.69, 9.17) is 0 Å². The predicted octanol–water partition coefficient (Wildman–Crippen LogP) is 8.10. The highest BCUT2D eigenvalue weighted by Crippen LogP contribution is 2.44. The van der Waals surface area contributed by atoms with Crippen LogP contribution in [0.4, 0.5) is 5.69 Å². The van der Waals surface area contributed by atoms with Crippen molar-refractivity contribution in [2.45, 2.75) is 11.8 Å². The van der Waals surface area contributed by atoms with E-state index in [1.165, 1.54) is 0 Å². The van der Waals surface area contributed by atoms with Crippen molar-refractivity contribution >= 4 is 59.2 Å². The Morgan fingerprint density at radius 1 is 0.800 bits per heavy atom. The van der Waals surface area contributed by atoms with Crippen LogP contribution in [0.3, 0.4) is 0 Å². The molecule has 1 heterocycles. The molecule has 0 radical (unpaired) electrons. The van der Waals surface area contributed by atoms with E-state index >= 15 is 0 Å². The number of nitrogens with zero attached hydrogens (tertiary/aromatic N) is 1. The number of fused-ring (bicyclic) bond motifs is 3. The highest BCUT2D eigenvalue weighted by atomic mass is 79.9. The van der Waals surface area contributed by atoms with Crippen molar-refractivity contribution in [2.75, 3.05) is 4.72 Å². The molecule has 1 N–H and O–H groups in total. The van der Waals surface area contributed by atoms with Crippen LogP contribution in [-0.2, 0) is 17.1 Å². The molecule has 0 atom stereocenters. The Hall–Kier alpha value is -4.20. The van der Waals surface area contributed by atoms with Crippen LogP contribution in [0.2, 0.25) is 0 Å². The fourth-order valence-electron chi connectivity index (χ4n) is 5.16. The van der Waals surface area contributed by atoms with Crippen LogP contribution in [0, 0.1) is 6.92 Å². The fourth-order valence-corrected chi connectivity index (χ4v) is 6.52. The second-order valence-electron chi connectivity index (χ2n) is 9.77. The third-order valence-electron chi connectivity index (χ3n) is 7.18. The third-order valence-corrected chi connectivity index (χ3v) is 9.08. The number of anilines is 1. The van der Waals surface area contributed by atoms with Crippen molar-refractivity contribution < 1.29 is 13.2 Å². The zero-order valence-corrected chi connectivity index (χ0v) is 24.3. The van der Waals surface area contributed by atoms with Crippen molar-refractivity contribution in [1.29, 1.82) is 0 Å². The van der Waals surface area contributed by atoms with Crippen molar-refractivity contribution in [3.63, 3.8) is 0 Å². The van der Waals surface area contributed by atoms with Gasteiger partial charge in [-0.05, 0) is 61.0 Å². The smallest absolute Gasteiger partial charge is 0.261 e. The van der Waals surface area contributed by atoms with Gasteiger partial charge in [0.2, 0.25) is 0 Å². The maximum atomic E-state index is 14.1. The van der Waals surface area contributed by atoms with Gasteiger partial charge in [-0.25, -0.2) is 8.42 Å². The van der Waals surface area contributed by atoms with Gasteiger partial charge in [0.1, 0.15) is 0 Å². The summed E-state index contributed by atoms with van der Waals surface area (Å²) in [6.45, 7) is 1.90. The summed E-state index contributed by atoms with van der Waals surface area (Å²) in [5, 5.41) is 1.84. The molecule has 7 heteroatoms. The van der Waals surface area contributed by atoms with Crippen LogP contribution < -0.4 is 4.72 Å². The van der Waals surface area contributed by atoms with Crippen molar-refractivity contribution in [3.8, 4) is 11.1 Å². The first-order valence-electron chi connectivity index (χ1n) is 12.7. The maximum absolute atomic E-state index is 14.1. The number of benzene rings is 5. The second kappa shape index (κ2) is 10.1. The average Bonchev–Trinajstić information content (AvgIpc) is 3.24. The highest BCUT2D eigenvalue weighted by molar-refractivity contribution is 9.10. The molecule has 0 bridgehead atoms. The van der Waals surface area contributed by atoms with E-state index in [9.17, 15) is 13.2 Å². The lowest BCUT2D eigenvalue weighted by Crippen LogP contribution is -2.17. The SMILES string of the molecule is Cc1ccc(S(=O)(=O)Nc2c(C(=O)c3ccc(Br)cc3)cc3c(c2-c2ccccc2)c2ccccc2n3C)cc1. The Morgan fingerprint density at radius 2 is 1.45 bits per heavy atom. The van der Waals surface area contributed by atoms with Gasteiger partial charge in [-0.2, -0.15) is 0 Å². The lowest BCUT2D eigenvalue weighted by atomic mass is 9.91. The van der Waals surface area contributed by atoms with Gasteiger partial charge in [0, 0.05) is 44.5 Å². The normalized spacial score (nSPS) is 11.7. The lowest BCUT2D eigenvalue weighted by molar-refractivity contribution is 0.103. The Kier molecular flexibility index (Phi) is 6.56. The van der Waals surface area contributed by atoms with Gasteiger partial charge in [0.05, 0.1) is 16.1 Å². The molecule has 5 nitrogen and oxygen atoms in total. The molecule has 0 fully saturated rings. The Morgan fingerprint density at radius 3 is 2.15 bits per heavy atom. The zero-order chi connectivity index (χ0) is 28.0. The number of carbonyl (C=O) groups is 1. The van der Waals surface area contributed by atoms with Gasteiger partial charge < -0.3 is 4.57 Å². The number of halogens is 1. The number of aromatic nitrogens is 1. The molecule has 0 unspecified atom stereocenters. The van der Waals surface area contributed by atoms with Crippen LogP contribution in [0.5, 0.6) is 0 Å². The topological polar surface area (TPSA) is 68.2 Å². The van der Waals surface area contributed by atoms with Crippen LogP contribution in [0.1, 0.15) is 21.5 Å². The van der Waals surface area contributed by atoms with Crippen molar-refractivity contribution in [1.82, 2.24) is 4.57 Å². The highest BCUT2D eigenvalue weighted by Gasteiger charge is 2.27. The van der Waals surface area contributed by atoms with Gasteiger partial charge in [0.25, 0.3) is 10.0 Å². The average molecular weight is 610 g/mol. The lowest BCUT2D eigenvalue weighted by Gasteiger charge is -2.19. The maximum Gasteiger partial charge on any atom is 0.261 e. The summed E-state index contributed by atoms with van der Waals surface area (Å²) in [6, 6.07) is 33.1. The Balaban J connectivity index is 1.73. The molecule has 40 heavy (non-hydrogen) atoms. The number of hydrogen-bond donors (Lipinski definition) is 1.